The minimum Gasteiger partial charge on any atom is -0.376 e. The zero-order valence-electron chi connectivity index (χ0n) is 10.2. The van der Waals surface area contributed by atoms with Gasteiger partial charge >= 0.3 is 0 Å². The van der Waals surface area contributed by atoms with Crippen molar-refractivity contribution >= 4 is 5.95 Å². The molecular formula is C12H19N3O2. The molecule has 1 saturated heterocycles. The van der Waals surface area contributed by atoms with Crippen LogP contribution in [0.4, 0.5) is 5.95 Å². The molecule has 0 radical (unpaired) electrons. The third-order valence-electron chi connectivity index (χ3n) is 2.60. The minimum absolute atomic E-state index is 0.109. The van der Waals surface area contributed by atoms with Crippen LogP contribution in [0.5, 0.6) is 0 Å². The summed E-state index contributed by atoms with van der Waals surface area (Å²) in [4.78, 5) is 4.42. The summed E-state index contributed by atoms with van der Waals surface area (Å²) in [6, 6.07) is 0. The zero-order chi connectivity index (χ0) is 12.1. The second-order valence-corrected chi connectivity index (χ2v) is 4.10. The Morgan fingerprint density at radius 1 is 1.65 bits per heavy atom. The first-order valence-electron chi connectivity index (χ1n) is 5.87. The van der Waals surface area contributed by atoms with Gasteiger partial charge in [-0.25, -0.2) is 4.98 Å². The van der Waals surface area contributed by atoms with Gasteiger partial charge in [0.15, 0.2) is 0 Å². The van der Waals surface area contributed by atoms with E-state index in [2.05, 4.69) is 16.9 Å². The molecule has 0 saturated carbocycles. The van der Waals surface area contributed by atoms with Crippen LogP contribution in [-0.4, -0.2) is 42.0 Å². The molecule has 0 aliphatic carbocycles. The van der Waals surface area contributed by atoms with Crippen molar-refractivity contribution in [3.05, 3.63) is 24.5 Å². The number of aryl methyl sites for hydroxylation is 1. The average Bonchev–Trinajstić information content (AvgIpc) is 2.69. The van der Waals surface area contributed by atoms with E-state index in [0.717, 1.165) is 18.2 Å². The standard InChI is InChI=1S/C12H19N3O2/c1-3-4-15-8-10(2)14-12(15)13-7-11-9-16-5-6-17-11/h3,8,11H,1,4-7,9H2,2H3,(H,13,14). The number of ether oxygens (including phenoxy) is 2. The predicted octanol–water partition coefficient (Wildman–Crippen LogP) is 1.20. The van der Waals surface area contributed by atoms with Gasteiger partial charge in [0.2, 0.25) is 5.95 Å². The van der Waals surface area contributed by atoms with Crippen molar-refractivity contribution < 1.29 is 9.47 Å². The van der Waals surface area contributed by atoms with Crippen molar-refractivity contribution in [2.45, 2.75) is 19.6 Å². The van der Waals surface area contributed by atoms with E-state index in [1.165, 1.54) is 0 Å². The highest BCUT2D eigenvalue weighted by Crippen LogP contribution is 2.09. The lowest BCUT2D eigenvalue weighted by molar-refractivity contribution is -0.0819. The first-order chi connectivity index (χ1) is 8.29. The van der Waals surface area contributed by atoms with E-state index in [-0.39, 0.29) is 6.10 Å². The maximum atomic E-state index is 5.56. The van der Waals surface area contributed by atoms with E-state index in [4.69, 9.17) is 9.47 Å². The van der Waals surface area contributed by atoms with Crippen molar-refractivity contribution in [1.29, 1.82) is 0 Å². The summed E-state index contributed by atoms with van der Waals surface area (Å²) in [5.41, 5.74) is 0.996. The van der Waals surface area contributed by atoms with Crippen LogP contribution in [0, 0.1) is 6.92 Å². The van der Waals surface area contributed by atoms with Gasteiger partial charge in [0.25, 0.3) is 0 Å². The van der Waals surface area contributed by atoms with E-state index in [9.17, 15) is 0 Å². The highest BCUT2D eigenvalue weighted by molar-refractivity contribution is 5.29. The smallest absolute Gasteiger partial charge is 0.203 e. The molecule has 1 aromatic rings. The fourth-order valence-electron chi connectivity index (χ4n) is 1.83. The molecule has 0 spiro atoms. The lowest BCUT2D eigenvalue weighted by atomic mass is 10.3. The molecule has 0 bridgehead atoms. The second kappa shape index (κ2) is 5.84. The van der Waals surface area contributed by atoms with E-state index >= 15 is 0 Å². The maximum absolute atomic E-state index is 5.56. The monoisotopic (exact) mass is 237 g/mol. The van der Waals surface area contributed by atoms with Crippen LogP contribution in [0.3, 0.4) is 0 Å². The Balaban J connectivity index is 1.90. The molecule has 1 atom stereocenters. The van der Waals surface area contributed by atoms with Crippen LogP contribution >= 0.6 is 0 Å². The van der Waals surface area contributed by atoms with Crippen molar-refractivity contribution in [3.8, 4) is 0 Å². The summed E-state index contributed by atoms with van der Waals surface area (Å²) in [6.07, 6.45) is 3.97. The summed E-state index contributed by atoms with van der Waals surface area (Å²) in [6.45, 7) is 9.20. The number of imidazole rings is 1. The Morgan fingerprint density at radius 2 is 2.53 bits per heavy atom. The lowest BCUT2D eigenvalue weighted by Crippen LogP contribution is -2.34. The van der Waals surface area contributed by atoms with Gasteiger partial charge in [-0.2, -0.15) is 0 Å². The molecule has 5 nitrogen and oxygen atoms in total. The number of hydrogen-bond donors (Lipinski definition) is 1. The molecule has 1 aromatic heterocycles. The van der Waals surface area contributed by atoms with Crippen LogP contribution in [0.1, 0.15) is 5.69 Å². The summed E-state index contributed by atoms with van der Waals surface area (Å²) < 4.78 is 12.9. The molecule has 1 aliphatic rings. The van der Waals surface area contributed by atoms with Crippen molar-refractivity contribution in [2.75, 3.05) is 31.7 Å². The van der Waals surface area contributed by atoms with Gasteiger partial charge in [-0.1, -0.05) is 6.08 Å². The normalized spacial score (nSPS) is 20.2. The van der Waals surface area contributed by atoms with Gasteiger partial charge in [-0.15, -0.1) is 6.58 Å². The number of allylic oxidation sites excluding steroid dienone is 1. The third-order valence-corrected chi connectivity index (χ3v) is 2.60. The molecule has 2 rings (SSSR count). The topological polar surface area (TPSA) is 48.3 Å². The second-order valence-electron chi connectivity index (χ2n) is 4.10. The number of aromatic nitrogens is 2. The number of nitrogens with one attached hydrogen (secondary N) is 1. The van der Waals surface area contributed by atoms with Crippen LogP contribution in [0.2, 0.25) is 0 Å². The van der Waals surface area contributed by atoms with Crippen LogP contribution < -0.4 is 5.32 Å². The molecule has 1 fully saturated rings. The van der Waals surface area contributed by atoms with Crippen molar-refractivity contribution in [3.63, 3.8) is 0 Å². The molecule has 17 heavy (non-hydrogen) atoms. The van der Waals surface area contributed by atoms with Gasteiger partial charge in [0.1, 0.15) is 0 Å². The van der Waals surface area contributed by atoms with E-state index in [0.29, 0.717) is 26.4 Å². The Kier molecular flexibility index (Phi) is 4.17. The fraction of sp³-hybridized carbons (Fsp3) is 0.583. The van der Waals surface area contributed by atoms with Gasteiger partial charge < -0.3 is 19.4 Å². The number of anilines is 1. The van der Waals surface area contributed by atoms with Gasteiger partial charge in [0, 0.05) is 19.3 Å². The molecule has 0 aromatic carbocycles. The van der Waals surface area contributed by atoms with Crippen LogP contribution in [0.25, 0.3) is 0 Å². The average molecular weight is 237 g/mol. The third kappa shape index (κ3) is 3.31. The number of nitrogens with zero attached hydrogens (tertiary/aromatic N) is 2. The Labute approximate surface area is 101 Å². The largest absolute Gasteiger partial charge is 0.376 e. The van der Waals surface area contributed by atoms with Gasteiger partial charge in [-0.05, 0) is 6.92 Å². The molecule has 5 heteroatoms. The molecule has 1 unspecified atom stereocenters. The highest BCUT2D eigenvalue weighted by atomic mass is 16.6. The first kappa shape index (κ1) is 12.1. The maximum Gasteiger partial charge on any atom is 0.203 e. The highest BCUT2D eigenvalue weighted by Gasteiger charge is 2.15. The summed E-state index contributed by atoms with van der Waals surface area (Å²) >= 11 is 0. The summed E-state index contributed by atoms with van der Waals surface area (Å²) in [5.74, 6) is 0.858. The molecule has 1 aliphatic heterocycles. The predicted molar refractivity (Wildman–Crippen MR) is 66.2 cm³/mol. The minimum atomic E-state index is 0.109. The molecular weight excluding hydrogens is 218 g/mol. The quantitative estimate of drug-likeness (QED) is 0.782. The fourth-order valence-corrected chi connectivity index (χ4v) is 1.83. The van der Waals surface area contributed by atoms with E-state index in [1.807, 2.05) is 23.8 Å². The van der Waals surface area contributed by atoms with Crippen LogP contribution in [0.15, 0.2) is 18.9 Å². The molecule has 2 heterocycles. The van der Waals surface area contributed by atoms with Crippen molar-refractivity contribution in [1.82, 2.24) is 9.55 Å². The summed E-state index contributed by atoms with van der Waals surface area (Å²) in [7, 11) is 0. The van der Waals surface area contributed by atoms with E-state index in [1.54, 1.807) is 0 Å². The van der Waals surface area contributed by atoms with Crippen LogP contribution in [-0.2, 0) is 16.0 Å². The van der Waals surface area contributed by atoms with Gasteiger partial charge in [-0.3, -0.25) is 0 Å². The Bertz CT molecular complexity index is 370. The Hall–Kier alpha value is -1.33. The Morgan fingerprint density at radius 3 is 3.24 bits per heavy atom. The SMILES string of the molecule is C=CCn1cc(C)nc1NCC1COCCO1. The van der Waals surface area contributed by atoms with Gasteiger partial charge in [0.05, 0.1) is 31.6 Å². The molecule has 0 amide bonds. The van der Waals surface area contributed by atoms with Crippen molar-refractivity contribution in [2.24, 2.45) is 0 Å². The number of hydrogen-bond acceptors (Lipinski definition) is 4. The molecule has 1 N–H and O–H groups in total. The first-order valence-corrected chi connectivity index (χ1v) is 5.87. The summed E-state index contributed by atoms with van der Waals surface area (Å²) in [5, 5.41) is 3.29. The van der Waals surface area contributed by atoms with E-state index < -0.39 is 0 Å². The zero-order valence-corrected chi connectivity index (χ0v) is 10.2. The molecule has 94 valence electrons. The number of rotatable bonds is 5. The lowest BCUT2D eigenvalue weighted by Gasteiger charge is -2.23.